The number of carbonyl (C=O) groups excluding carboxylic acids is 1. The second kappa shape index (κ2) is 6.28. The number of carbonyl (C=O) groups is 2. The van der Waals surface area contributed by atoms with Crippen LogP contribution < -0.4 is 0 Å². The number of aromatic nitrogens is 1. The summed E-state index contributed by atoms with van der Waals surface area (Å²) in [6.45, 7) is 2.16. The summed E-state index contributed by atoms with van der Waals surface area (Å²) >= 11 is 1.90. The zero-order valence-corrected chi connectivity index (χ0v) is 13.6. The Balaban J connectivity index is 1.87. The van der Waals surface area contributed by atoms with E-state index >= 15 is 0 Å². The van der Waals surface area contributed by atoms with Crippen molar-refractivity contribution in [1.29, 1.82) is 0 Å². The zero-order valence-electron chi connectivity index (χ0n) is 12.8. The fourth-order valence-electron chi connectivity index (χ4n) is 3.03. The fraction of sp³-hybridized carbons (Fsp3) is 0.412. The van der Waals surface area contributed by atoms with Crippen LogP contribution in [0.4, 0.5) is 0 Å². The van der Waals surface area contributed by atoms with Crippen LogP contribution in [-0.2, 0) is 10.3 Å². The number of hydrogen-bond donors (Lipinski definition) is 1. The summed E-state index contributed by atoms with van der Waals surface area (Å²) in [6.07, 6.45) is 7.91. The highest BCUT2D eigenvalue weighted by molar-refractivity contribution is 8.00. The minimum absolute atomic E-state index is 0.0254. The molecule has 0 spiro atoms. The van der Waals surface area contributed by atoms with Crippen molar-refractivity contribution in [2.75, 3.05) is 5.75 Å². The van der Waals surface area contributed by atoms with Gasteiger partial charge in [-0.1, -0.05) is 6.92 Å². The normalized spacial score (nSPS) is 29.1. The van der Waals surface area contributed by atoms with Crippen LogP contribution in [0.2, 0.25) is 0 Å². The number of nitrogens with zero attached hydrogens (tertiary/aromatic N) is 2. The van der Waals surface area contributed by atoms with Crippen LogP contribution in [0.3, 0.4) is 0 Å². The maximum atomic E-state index is 13.0. The largest absolute Gasteiger partial charge is 0.478 e. The smallest absolute Gasteiger partial charge is 0.337 e. The van der Waals surface area contributed by atoms with Crippen LogP contribution in [0.15, 0.2) is 35.5 Å². The van der Waals surface area contributed by atoms with Gasteiger partial charge in [-0.3, -0.25) is 14.8 Å². The van der Waals surface area contributed by atoms with Crippen LogP contribution in [-0.4, -0.2) is 39.1 Å². The number of hydrogen-bond acceptors (Lipinski definition) is 5. The first kappa shape index (κ1) is 15.9. The average Bonchev–Trinajstić information content (AvgIpc) is 3.18. The Labute approximate surface area is 138 Å². The van der Waals surface area contributed by atoms with E-state index in [1.54, 1.807) is 24.4 Å². The molecule has 1 aromatic heterocycles. The molecular weight excluding hydrogens is 312 g/mol. The minimum Gasteiger partial charge on any atom is -0.478 e. The van der Waals surface area contributed by atoms with Crippen molar-refractivity contribution in [3.63, 3.8) is 0 Å². The number of ketones is 1. The molecule has 3 unspecified atom stereocenters. The molecule has 3 heterocycles. The Morgan fingerprint density at radius 1 is 1.43 bits per heavy atom. The number of carboxylic acids is 1. The van der Waals surface area contributed by atoms with Crippen molar-refractivity contribution in [3.05, 3.63) is 41.7 Å². The number of aromatic carboxylic acids is 1. The van der Waals surface area contributed by atoms with Gasteiger partial charge >= 0.3 is 5.97 Å². The number of pyridine rings is 1. The Morgan fingerprint density at radius 3 is 2.78 bits per heavy atom. The molecule has 0 aromatic carbocycles. The highest BCUT2D eigenvalue weighted by atomic mass is 32.2. The van der Waals surface area contributed by atoms with Crippen molar-refractivity contribution in [2.45, 2.75) is 30.6 Å². The molecule has 0 saturated carbocycles. The van der Waals surface area contributed by atoms with E-state index in [0.29, 0.717) is 23.3 Å². The lowest BCUT2D eigenvalue weighted by Crippen LogP contribution is -2.34. The Hall–Kier alpha value is -1.95. The lowest BCUT2D eigenvalue weighted by atomic mass is 9.84. The molecule has 5 nitrogen and oxygen atoms in total. The molecule has 3 atom stereocenters. The third kappa shape index (κ3) is 2.95. The SMILES string of the molecule is CC1SCCC1CC(=O)C1(c2ccc(C(=O)O)cn2)C=CC=N1. The first-order valence-electron chi connectivity index (χ1n) is 7.61. The molecule has 1 N–H and O–H groups in total. The number of allylic oxidation sites excluding steroid dienone is 1. The second-order valence-corrected chi connectivity index (χ2v) is 7.38. The molecule has 2 aliphatic rings. The Morgan fingerprint density at radius 2 is 2.26 bits per heavy atom. The summed E-state index contributed by atoms with van der Waals surface area (Å²) in [5.41, 5.74) is -0.511. The first-order valence-corrected chi connectivity index (χ1v) is 8.65. The van der Waals surface area contributed by atoms with E-state index in [-0.39, 0.29) is 11.3 Å². The van der Waals surface area contributed by atoms with E-state index in [4.69, 9.17) is 5.11 Å². The summed E-state index contributed by atoms with van der Waals surface area (Å²) in [7, 11) is 0. The van der Waals surface area contributed by atoms with Crippen molar-refractivity contribution in [2.24, 2.45) is 10.9 Å². The van der Waals surface area contributed by atoms with Gasteiger partial charge in [-0.15, -0.1) is 0 Å². The highest BCUT2D eigenvalue weighted by Crippen LogP contribution is 2.38. The lowest BCUT2D eigenvalue weighted by Gasteiger charge is -2.25. The maximum Gasteiger partial charge on any atom is 0.337 e. The fourth-order valence-corrected chi connectivity index (χ4v) is 4.34. The Bertz CT molecular complexity index is 670. The summed E-state index contributed by atoms with van der Waals surface area (Å²) in [4.78, 5) is 32.5. The molecule has 0 aliphatic carbocycles. The van der Waals surface area contributed by atoms with Crippen LogP contribution in [0, 0.1) is 5.92 Å². The monoisotopic (exact) mass is 330 g/mol. The molecule has 1 fully saturated rings. The van der Waals surface area contributed by atoms with Crippen LogP contribution >= 0.6 is 11.8 Å². The van der Waals surface area contributed by atoms with Crippen molar-refractivity contribution in [3.8, 4) is 0 Å². The summed E-state index contributed by atoms with van der Waals surface area (Å²) in [5.74, 6) is 0.451. The number of carboxylic acid groups (broad SMARTS) is 1. The van der Waals surface area contributed by atoms with E-state index in [2.05, 4.69) is 16.9 Å². The van der Waals surface area contributed by atoms with Crippen LogP contribution in [0.25, 0.3) is 0 Å². The quantitative estimate of drug-likeness (QED) is 0.898. The molecule has 1 aromatic rings. The molecule has 3 rings (SSSR count). The molecule has 2 aliphatic heterocycles. The van der Waals surface area contributed by atoms with Gasteiger partial charge < -0.3 is 5.11 Å². The standard InChI is InChI=1S/C17H18N2O3S/c1-11-12(5-8-23-11)9-15(20)17(6-2-7-19-17)14-4-3-13(10-18-14)16(21)22/h2-4,6-7,10-12H,5,8-9H2,1H3,(H,21,22). The van der Waals surface area contributed by atoms with Gasteiger partial charge in [-0.25, -0.2) is 4.79 Å². The van der Waals surface area contributed by atoms with Gasteiger partial charge in [0.2, 0.25) is 0 Å². The highest BCUT2D eigenvalue weighted by Gasteiger charge is 2.41. The lowest BCUT2D eigenvalue weighted by molar-refractivity contribution is -0.123. The molecule has 0 bridgehead atoms. The molecular formula is C17H18N2O3S. The molecule has 1 saturated heterocycles. The molecule has 6 heteroatoms. The van der Waals surface area contributed by atoms with Crippen molar-refractivity contribution >= 4 is 29.7 Å². The average molecular weight is 330 g/mol. The van der Waals surface area contributed by atoms with Gasteiger partial charge in [0, 0.05) is 24.1 Å². The Kier molecular flexibility index (Phi) is 4.35. The summed E-state index contributed by atoms with van der Waals surface area (Å²) < 4.78 is 0. The van der Waals surface area contributed by atoms with Gasteiger partial charge in [0.1, 0.15) is 0 Å². The third-order valence-electron chi connectivity index (χ3n) is 4.51. The number of rotatable bonds is 5. The first-order chi connectivity index (χ1) is 11.0. The predicted molar refractivity (Wildman–Crippen MR) is 90.2 cm³/mol. The van der Waals surface area contributed by atoms with Gasteiger partial charge in [0.05, 0.1) is 11.3 Å². The van der Waals surface area contributed by atoms with E-state index < -0.39 is 11.5 Å². The van der Waals surface area contributed by atoms with Crippen LogP contribution in [0.5, 0.6) is 0 Å². The second-order valence-electron chi connectivity index (χ2n) is 5.89. The predicted octanol–water partition coefficient (Wildman–Crippen LogP) is 2.72. The van der Waals surface area contributed by atoms with Gasteiger partial charge in [0.25, 0.3) is 0 Å². The number of aliphatic imine (C=N–C) groups is 1. The van der Waals surface area contributed by atoms with E-state index in [9.17, 15) is 9.59 Å². The zero-order chi connectivity index (χ0) is 16.4. The number of thioether (sulfide) groups is 1. The van der Waals surface area contributed by atoms with Crippen molar-refractivity contribution < 1.29 is 14.7 Å². The van der Waals surface area contributed by atoms with Gasteiger partial charge in [0.15, 0.2) is 11.3 Å². The maximum absolute atomic E-state index is 13.0. The minimum atomic E-state index is -1.09. The molecule has 120 valence electrons. The van der Waals surface area contributed by atoms with Crippen LogP contribution in [0.1, 0.15) is 35.8 Å². The topological polar surface area (TPSA) is 79.6 Å². The molecule has 23 heavy (non-hydrogen) atoms. The third-order valence-corrected chi connectivity index (χ3v) is 5.89. The van der Waals surface area contributed by atoms with E-state index in [1.807, 2.05) is 11.8 Å². The van der Waals surface area contributed by atoms with Gasteiger partial charge in [-0.05, 0) is 42.4 Å². The van der Waals surface area contributed by atoms with Crippen molar-refractivity contribution in [1.82, 2.24) is 4.98 Å². The van der Waals surface area contributed by atoms with E-state index in [1.165, 1.54) is 12.3 Å². The molecule has 0 amide bonds. The molecule has 0 radical (unpaired) electrons. The summed E-state index contributed by atoms with van der Waals surface area (Å²) in [5, 5.41) is 9.46. The number of Topliss-reactive ketones (excluding diaryl/α,β-unsaturated/α-hetero) is 1. The van der Waals surface area contributed by atoms with E-state index in [0.717, 1.165) is 12.2 Å². The van der Waals surface area contributed by atoms with Gasteiger partial charge in [-0.2, -0.15) is 11.8 Å². The summed E-state index contributed by atoms with van der Waals surface area (Å²) in [6, 6.07) is 3.05.